The van der Waals surface area contributed by atoms with E-state index in [2.05, 4.69) is 4.74 Å². The van der Waals surface area contributed by atoms with Crippen molar-refractivity contribution in [2.75, 3.05) is 7.11 Å². The molecule has 1 aromatic rings. The molecule has 0 bridgehead atoms. The van der Waals surface area contributed by atoms with E-state index in [-0.39, 0.29) is 12.0 Å². The molecule has 3 nitrogen and oxygen atoms in total. The van der Waals surface area contributed by atoms with E-state index >= 15 is 0 Å². The molecule has 0 amide bonds. The summed E-state index contributed by atoms with van der Waals surface area (Å²) in [6.45, 7) is 0. The van der Waals surface area contributed by atoms with Crippen LogP contribution >= 0.6 is 0 Å². The Morgan fingerprint density at radius 3 is 2.81 bits per heavy atom. The van der Waals surface area contributed by atoms with Crippen LogP contribution in [0.4, 0.5) is 8.78 Å². The molecule has 0 aliphatic carbocycles. The number of nitrogens with zero attached hydrogens (tertiary/aromatic N) is 1. The van der Waals surface area contributed by atoms with Gasteiger partial charge in [-0.05, 0) is 17.7 Å². The van der Waals surface area contributed by atoms with Gasteiger partial charge in [-0.25, -0.2) is 13.6 Å². The standard InChI is InChI=1S/C11H9F2NO2/c1-16-11(15)10(13)5-7-2-3-8(6-14)9(12)4-7/h2-4,10H,5H2,1H3. The van der Waals surface area contributed by atoms with Crippen molar-refractivity contribution in [2.45, 2.75) is 12.6 Å². The fourth-order valence-electron chi connectivity index (χ4n) is 1.19. The molecule has 84 valence electrons. The maximum atomic E-state index is 13.1. The monoisotopic (exact) mass is 225 g/mol. The minimum atomic E-state index is -1.82. The van der Waals surface area contributed by atoms with Crippen molar-refractivity contribution in [3.05, 3.63) is 35.1 Å². The Balaban J connectivity index is 2.80. The van der Waals surface area contributed by atoms with Crippen LogP contribution < -0.4 is 0 Å². The molecule has 1 unspecified atom stereocenters. The summed E-state index contributed by atoms with van der Waals surface area (Å²) >= 11 is 0. The molecule has 0 N–H and O–H groups in total. The van der Waals surface area contributed by atoms with E-state index in [4.69, 9.17) is 5.26 Å². The van der Waals surface area contributed by atoms with Crippen molar-refractivity contribution in [2.24, 2.45) is 0 Å². The van der Waals surface area contributed by atoms with Gasteiger partial charge in [-0.2, -0.15) is 5.26 Å². The quantitative estimate of drug-likeness (QED) is 0.736. The number of methoxy groups -OCH3 is 1. The van der Waals surface area contributed by atoms with E-state index in [1.807, 2.05) is 0 Å². The highest BCUT2D eigenvalue weighted by molar-refractivity contribution is 5.74. The molecular formula is C11H9F2NO2. The summed E-state index contributed by atoms with van der Waals surface area (Å²) in [7, 11) is 1.08. The van der Waals surface area contributed by atoms with Gasteiger partial charge in [-0.15, -0.1) is 0 Å². The smallest absolute Gasteiger partial charge is 0.340 e. The first kappa shape index (κ1) is 12.1. The van der Waals surface area contributed by atoms with Crippen LogP contribution in [0.2, 0.25) is 0 Å². The van der Waals surface area contributed by atoms with Gasteiger partial charge in [0.2, 0.25) is 6.17 Å². The average molecular weight is 225 g/mol. The van der Waals surface area contributed by atoms with Crippen molar-refractivity contribution in [1.29, 1.82) is 5.26 Å². The predicted molar refractivity (Wildman–Crippen MR) is 51.7 cm³/mol. The first-order chi connectivity index (χ1) is 7.58. The number of ether oxygens (including phenoxy) is 1. The third-order valence-corrected chi connectivity index (χ3v) is 2.03. The number of halogens is 2. The average Bonchev–Trinajstić information content (AvgIpc) is 2.28. The van der Waals surface area contributed by atoms with Crippen LogP contribution in [-0.4, -0.2) is 19.3 Å². The Morgan fingerprint density at radius 2 is 2.31 bits per heavy atom. The minimum absolute atomic E-state index is 0.114. The van der Waals surface area contributed by atoms with Gasteiger partial charge in [0, 0.05) is 6.42 Å². The number of benzene rings is 1. The summed E-state index contributed by atoms with van der Waals surface area (Å²) in [6, 6.07) is 5.33. The second kappa shape index (κ2) is 5.21. The molecule has 0 saturated heterocycles. The Kier molecular flexibility index (Phi) is 3.95. The lowest BCUT2D eigenvalue weighted by Gasteiger charge is -2.06. The number of rotatable bonds is 3. The number of carbonyl (C=O) groups excluding carboxylic acids is 1. The van der Waals surface area contributed by atoms with Crippen molar-refractivity contribution in [1.82, 2.24) is 0 Å². The van der Waals surface area contributed by atoms with E-state index in [1.165, 1.54) is 12.1 Å². The zero-order valence-corrected chi connectivity index (χ0v) is 8.54. The van der Waals surface area contributed by atoms with E-state index < -0.39 is 18.0 Å². The molecule has 0 fully saturated rings. The van der Waals surface area contributed by atoms with Crippen LogP contribution in [0.3, 0.4) is 0 Å². The molecule has 1 rings (SSSR count). The van der Waals surface area contributed by atoms with Crippen molar-refractivity contribution in [3.8, 4) is 6.07 Å². The zero-order chi connectivity index (χ0) is 12.1. The van der Waals surface area contributed by atoms with Crippen LogP contribution in [0.1, 0.15) is 11.1 Å². The predicted octanol–water partition coefficient (Wildman–Crippen LogP) is 1.75. The molecule has 1 aromatic carbocycles. The fraction of sp³-hybridized carbons (Fsp3) is 0.273. The first-order valence-corrected chi connectivity index (χ1v) is 4.49. The van der Waals surface area contributed by atoms with Gasteiger partial charge in [0.1, 0.15) is 11.9 Å². The fourth-order valence-corrected chi connectivity index (χ4v) is 1.19. The molecule has 0 spiro atoms. The molecular weight excluding hydrogens is 216 g/mol. The Bertz CT molecular complexity index is 440. The summed E-state index contributed by atoms with van der Waals surface area (Å²) in [5, 5.41) is 8.48. The molecule has 0 aliphatic heterocycles. The van der Waals surface area contributed by atoms with Crippen LogP contribution in [0, 0.1) is 17.1 Å². The Morgan fingerprint density at radius 1 is 1.62 bits per heavy atom. The highest BCUT2D eigenvalue weighted by Crippen LogP contribution is 2.12. The molecule has 0 radical (unpaired) electrons. The zero-order valence-electron chi connectivity index (χ0n) is 8.54. The molecule has 0 heterocycles. The van der Waals surface area contributed by atoms with Crippen molar-refractivity contribution < 1.29 is 18.3 Å². The first-order valence-electron chi connectivity index (χ1n) is 4.49. The maximum Gasteiger partial charge on any atom is 0.340 e. The molecule has 5 heteroatoms. The lowest BCUT2D eigenvalue weighted by Crippen LogP contribution is -2.19. The molecule has 0 aromatic heterocycles. The van der Waals surface area contributed by atoms with Crippen molar-refractivity contribution >= 4 is 5.97 Å². The summed E-state index contributed by atoms with van der Waals surface area (Å²) in [6.07, 6.45) is -2.09. The highest BCUT2D eigenvalue weighted by Gasteiger charge is 2.18. The lowest BCUT2D eigenvalue weighted by atomic mass is 10.1. The third-order valence-electron chi connectivity index (χ3n) is 2.03. The maximum absolute atomic E-state index is 13.1. The number of hydrogen-bond donors (Lipinski definition) is 0. The normalized spacial score (nSPS) is 11.6. The van der Waals surface area contributed by atoms with E-state index in [1.54, 1.807) is 6.07 Å². The van der Waals surface area contributed by atoms with E-state index in [0.29, 0.717) is 5.56 Å². The van der Waals surface area contributed by atoms with E-state index in [9.17, 15) is 13.6 Å². The molecule has 16 heavy (non-hydrogen) atoms. The number of hydrogen-bond acceptors (Lipinski definition) is 3. The topological polar surface area (TPSA) is 50.1 Å². The van der Waals surface area contributed by atoms with Gasteiger partial charge in [0.25, 0.3) is 0 Å². The second-order valence-corrected chi connectivity index (χ2v) is 3.12. The van der Waals surface area contributed by atoms with Gasteiger partial charge in [0.05, 0.1) is 12.7 Å². The SMILES string of the molecule is COC(=O)C(F)Cc1ccc(C#N)c(F)c1. The summed E-state index contributed by atoms with van der Waals surface area (Å²) < 4.78 is 30.5. The van der Waals surface area contributed by atoms with Gasteiger partial charge >= 0.3 is 5.97 Å². The number of nitriles is 1. The number of carbonyl (C=O) groups is 1. The molecule has 0 saturated carbocycles. The largest absolute Gasteiger partial charge is 0.467 e. The summed E-state index contributed by atoms with van der Waals surface area (Å²) in [5.74, 6) is -1.72. The van der Waals surface area contributed by atoms with Crippen LogP contribution in [-0.2, 0) is 16.0 Å². The molecule has 1 atom stereocenters. The van der Waals surface area contributed by atoms with Gasteiger partial charge in [-0.1, -0.05) is 6.07 Å². The van der Waals surface area contributed by atoms with Gasteiger partial charge in [-0.3, -0.25) is 0 Å². The molecule has 0 aliphatic rings. The van der Waals surface area contributed by atoms with Crippen molar-refractivity contribution in [3.63, 3.8) is 0 Å². The van der Waals surface area contributed by atoms with Crippen LogP contribution in [0.5, 0.6) is 0 Å². The number of alkyl halides is 1. The number of esters is 1. The van der Waals surface area contributed by atoms with Gasteiger partial charge in [0.15, 0.2) is 0 Å². The minimum Gasteiger partial charge on any atom is -0.467 e. The third kappa shape index (κ3) is 2.76. The van der Waals surface area contributed by atoms with Gasteiger partial charge < -0.3 is 4.74 Å². The Hall–Kier alpha value is -1.96. The second-order valence-electron chi connectivity index (χ2n) is 3.12. The Labute approximate surface area is 91.3 Å². The lowest BCUT2D eigenvalue weighted by molar-refractivity contribution is -0.146. The summed E-state index contributed by atoms with van der Waals surface area (Å²) in [4.78, 5) is 10.8. The van der Waals surface area contributed by atoms with Crippen LogP contribution in [0.25, 0.3) is 0 Å². The summed E-state index contributed by atoms with van der Waals surface area (Å²) in [5.41, 5.74) is 0.187. The van der Waals surface area contributed by atoms with E-state index in [0.717, 1.165) is 13.2 Å². The van der Waals surface area contributed by atoms with Crippen LogP contribution in [0.15, 0.2) is 18.2 Å². The highest BCUT2D eigenvalue weighted by atomic mass is 19.1.